The largest absolute Gasteiger partial charge is 0.352 e. The quantitative estimate of drug-likeness (QED) is 0.443. The minimum Gasteiger partial charge on any atom is -0.352 e. The van der Waals surface area contributed by atoms with Crippen LogP contribution in [0.15, 0.2) is 46.1 Å². The maximum Gasteiger partial charge on any atom is 0.191 e. The van der Waals surface area contributed by atoms with Gasteiger partial charge < -0.3 is 10.6 Å². The maximum atomic E-state index is 4.26. The van der Waals surface area contributed by atoms with Gasteiger partial charge in [-0.1, -0.05) is 31.2 Å². The maximum absolute atomic E-state index is 4.26. The second kappa shape index (κ2) is 9.78. The van der Waals surface area contributed by atoms with E-state index in [1.807, 2.05) is 0 Å². The van der Waals surface area contributed by atoms with Crippen LogP contribution in [-0.4, -0.2) is 13.0 Å². The Labute approximate surface area is 147 Å². The van der Waals surface area contributed by atoms with Gasteiger partial charge in [-0.3, -0.25) is 4.99 Å². The Morgan fingerprint density at radius 1 is 1.10 bits per heavy atom. The van der Waals surface area contributed by atoms with E-state index in [2.05, 4.69) is 63.6 Å². The summed E-state index contributed by atoms with van der Waals surface area (Å²) in [6.45, 7) is 3.79. The van der Waals surface area contributed by atoms with Crippen molar-refractivity contribution in [3.8, 4) is 0 Å². The zero-order chi connectivity index (χ0) is 14.2. The molecule has 5 heteroatoms. The van der Waals surface area contributed by atoms with Crippen molar-refractivity contribution >= 4 is 41.3 Å². The SMILES string of the molecule is CCc1ccccc1CNC(=NC)NCc1ccsc1.I. The van der Waals surface area contributed by atoms with Crippen molar-refractivity contribution in [3.63, 3.8) is 0 Å². The summed E-state index contributed by atoms with van der Waals surface area (Å²) in [7, 11) is 1.80. The minimum absolute atomic E-state index is 0. The molecule has 1 heterocycles. The van der Waals surface area contributed by atoms with E-state index < -0.39 is 0 Å². The molecule has 0 aliphatic heterocycles. The van der Waals surface area contributed by atoms with Gasteiger partial charge in [0.2, 0.25) is 0 Å². The first-order valence-electron chi connectivity index (χ1n) is 6.86. The van der Waals surface area contributed by atoms with Gasteiger partial charge in [-0.15, -0.1) is 24.0 Å². The molecule has 1 aromatic carbocycles. The third kappa shape index (κ3) is 5.67. The summed E-state index contributed by atoms with van der Waals surface area (Å²) in [5.74, 6) is 0.835. The summed E-state index contributed by atoms with van der Waals surface area (Å²) >= 11 is 1.71. The van der Waals surface area contributed by atoms with Crippen LogP contribution in [0.2, 0.25) is 0 Å². The van der Waals surface area contributed by atoms with Gasteiger partial charge in [0.25, 0.3) is 0 Å². The average molecular weight is 415 g/mol. The van der Waals surface area contributed by atoms with Gasteiger partial charge in [0.05, 0.1) is 0 Å². The molecule has 0 aliphatic carbocycles. The van der Waals surface area contributed by atoms with E-state index in [-0.39, 0.29) is 24.0 Å². The van der Waals surface area contributed by atoms with Crippen LogP contribution in [0.4, 0.5) is 0 Å². The van der Waals surface area contributed by atoms with Crippen molar-refractivity contribution in [2.45, 2.75) is 26.4 Å². The first kappa shape index (κ1) is 18.0. The van der Waals surface area contributed by atoms with E-state index in [1.165, 1.54) is 16.7 Å². The predicted octanol–water partition coefficient (Wildman–Crippen LogP) is 3.79. The summed E-state index contributed by atoms with van der Waals surface area (Å²) < 4.78 is 0. The number of thiophene rings is 1. The molecular formula is C16H22IN3S. The second-order valence-corrected chi connectivity index (χ2v) is 5.31. The molecule has 0 radical (unpaired) electrons. The zero-order valence-corrected chi connectivity index (χ0v) is 15.6. The number of nitrogens with one attached hydrogen (secondary N) is 2. The molecule has 0 amide bonds. The number of hydrogen-bond donors (Lipinski definition) is 2. The fourth-order valence-electron chi connectivity index (χ4n) is 2.05. The summed E-state index contributed by atoms with van der Waals surface area (Å²) in [5, 5.41) is 10.9. The van der Waals surface area contributed by atoms with Gasteiger partial charge in [0.15, 0.2) is 5.96 Å². The lowest BCUT2D eigenvalue weighted by Crippen LogP contribution is -2.36. The highest BCUT2D eigenvalue weighted by atomic mass is 127. The van der Waals surface area contributed by atoms with Crippen LogP contribution in [0.3, 0.4) is 0 Å². The number of nitrogens with zero attached hydrogens (tertiary/aromatic N) is 1. The topological polar surface area (TPSA) is 36.4 Å². The number of aliphatic imine (C=N–C) groups is 1. The molecule has 21 heavy (non-hydrogen) atoms. The number of guanidine groups is 1. The monoisotopic (exact) mass is 415 g/mol. The normalized spacial score (nSPS) is 10.9. The van der Waals surface area contributed by atoms with Crippen molar-refractivity contribution in [1.29, 1.82) is 0 Å². The fraction of sp³-hybridized carbons (Fsp3) is 0.312. The van der Waals surface area contributed by atoms with Crippen LogP contribution >= 0.6 is 35.3 Å². The highest BCUT2D eigenvalue weighted by Gasteiger charge is 2.02. The summed E-state index contributed by atoms with van der Waals surface area (Å²) in [6, 6.07) is 10.6. The number of rotatable bonds is 5. The van der Waals surface area contributed by atoms with Gasteiger partial charge >= 0.3 is 0 Å². The smallest absolute Gasteiger partial charge is 0.191 e. The molecular weight excluding hydrogens is 393 g/mol. The molecule has 2 N–H and O–H groups in total. The second-order valence-electron chi connectivity index (χ2n) is 4.53. The lowest BCUT2D eigenvalue weighted by Gasteiger charge is -2.13. The standard InChI is InChI=1S/C16H21N3S.HI/c1-3-14-6-4-5-7-15(14)11-19-16(17-2)18-10-13-8-9-20-12-13;/h4-9,12H,3,10-11H2,1-2H3,(H2,17,18,19);1H. The molecule has 1 aromatic heterocycles. The predicted molar refractivity (Wildman–Crippen MR) is 103 cm³/mol. The summed E-state index contributed by atoms with van der Waals surface area (Å²) in [4.78, 5) is 4.26. The molecule has 0 unspecified atom stereocenters. The van der Waals surface area contributed by atoms with Crippen molar-refractivity contribution < 1.29 is 0 Å². The third-order valence-corrected chi connectivity index (χ3v) is 3.94. The molecule has 114 valence electrons. The molecule has 0 saturated carbocycles. The molecule has 3 nitrogen and oxygen atoms in total. The van der Waals surface area contributed by atoms with Crippen LogP contribution in [0, 0.1) is 0 Å². The Balaban J connectivity index is 0.00000220. The minimum atomic E-state index is 0. The molecule has 0 bridgehead atoms. The fourth-order valence-corrected chi connectivity index (χ4v) is 2.72. The first-order chi connectivity index (χ1) is 9.83. The molecule has 0 saturated heterocycles. The lowest BCUT2D eigenvalue weighted by atomic mass is 10.1. The van der Waals surface area contributed by atoms with Crippen molar-refractivity contribution in [1.82, 2.24) is 10.6 Å². The van der Waals surface area contributed by atoms with E-state index in [1.54, 1.807) is 18.4 Å². The third-order valence-electron chi connectivity index (χ3n) is 3.21. The molecule has 0 aliphatic rings. The van der Waals surface area contributed by atoms with Gasteiger partial charge in [-0.2, -0.15) is 11.3 Å². The van der Waals surface area contributed by atoms with Crippen LogP contribution in [0.5, 0.6) is 0 Å². The summed E-state index contributed by atoms with van der Waals surface area (Å²) in [5.41, 5.74) is 3.99. The number of halogens is 1. The van der Waals surface area contributed by atoms with Gasteiger partial charge in [0, 0.05) is 20.1 Å². The Hall–Kier alpha value is -1.08. The summed E-state index contributed by atoms with van der Waals surface area (Å²) in [6.07, 6.45) is 1.05. The Morgan fingerprint density at radius 3 is 2.43 bits per heavy atom. The van der Waals surface area contributed by atoms with Crippen LogP contribution in [0.25, 0.3) is 0 Å². The molecule has 0 spiro atoms. The average Bonchev–Trinajstić information content (AvgIpc) is 3.01. The van der Waals surface area contributed by atoms with Crippen molar-refractivity contribution in [3.05, 3.63) is 57.8 Å². The van der Waals surface area contributed by atoms with E-state index in [0.717, 1.165) is 25.5 Å². The molecule has 0 fully saturated rings. The van der Waals surface area contributed by atoms with Gasteiger partial charge in [-0.05, 0) is 39.9 Å². The van der Waals surface area contributed by atoms with E-state index in [0.29, 0.717) is 0 Å². The molecule has 2 aromatic rings. The first-order valence-corrected chi connectivity index (χ1v) is 7.80. The van der Waals surface area contributed by atoms with Gasteiger partial charge in [-0.25, -0.2) is 0 Å². The van der Waals surface area contributed by atoms with Crippen molar-refractivity contribution in [2.75, 3.05) is 7.05 Å². The highest BCUT2D eigenvalue weighted by Crippen LogP contribution is 2.09. The zero-order valence-electron chi connectivity index (χ0n) is 12.4. The van der Waals surface area contributed by atoms with Gasteiger partial charge in [0.1, 0.15) is 0 Å². The number of aryl methyl sites for hydroxylation is 1. The lowest BCUT2D eigenvalue weighted by molar-refractivity contribution is 0.804. The van der Waals surface area contributed by atoms with Crippen LogP contribution in [-0.2, 0) is 19.5 Å². The van der Waals surface area contributed by atoms with E-state index >= 15 is 0 Å². The number of benzene rings is 1. The van der Waals surface area contributed by atoms with Crippen LogP contribution in [0.1, 0.15) is 23.6 Å². The Morgan fingerprint density at radius 2 is 1.81 bits per heavy atom. The Kier molecular flexibility index (Phi) is 8.37. The van der Waals surface area contributed by atoms with E-state index in [4.69, 9.17) is 0 Å². The molecule has 0 atom stereocenters. The van der Waals surface area contributed by atoms with Crippen molar-refractivity contribution in [2.24, 2.45) is 4.99 Å². The Bertz CT molecular complexity index is 552. The highest BCUT2D eigenvalue weighted by molar-refractivity contribution is 14.0. The molecule has 2 rings (SSSR count). The number of hydrogen-bond acceptors (Lipinski definition) is 2. The van der Waals surface area contributed by atoms with E-state index in [9.17, 15) is 0 Å². The van der Waals surface area contributed by atoms with Crippen LogP contribution < -0.4 is 10.6 Å².